The van der Waals surface area contributed by atoms with Crippen molar-refractivity contribution < 1.29 is 14.1 Å². The summed E-state index contributed by atoms with van der Waals surface area (Å²) in [5, 5.41) is 10.4. The average molecular weight is 309 g/mol. The summed E-state index contributed by atoms with van der Waals surface area (Å²) in [6.45, 7) is 7.14. The Morgan fingerprint density at radius 1 is 1.41 bits per heavy atom. The van der Waals surface area contributed by atoms with E-state index < -0.39 is 0 Å². The molecule has 1 aromatic rings. The molecule has 6 nitrogen and oxygen atoms in total. The van der Waals surface area contributed by atoms with E-state index in [1.165, 1.54) is 0 Å². The van der Waals surface area contributed by atoms with Gasteiger partial charge in [0.1, 0.15) is 5.76 Å². The van der Waals surface area contributed by atoms with Crippen molar-refractivity contribution in [3.8, 4) is 0 Å². The Kier molecular flexibility index (Phi) is 5.97. The van der Waals surface area contributed by atoms with Crippen molar-refractivity contribution in [2.75, 3.05) is 33.4 Å². The van der Waals surface area contributed by atoms with E-state index in [2.05, 4.69) is 15.8 Å². The number of ether oxygens (including phenoxy) is 1. The summed E-state index contributed by atoms with van der Waals surface area (Å²) in [4.78, 5) is 12.1. The Bertz CT molecular complexity index is 468. The van der Waals surface area contributed by atoms with E-state index in [4.69, 9.17) is 9.26 Å². The number of methoxy groups -OCH3 is 1. The Morgan fingerprint density at radius 3 is 2.73 bits per heavy atom. The van der Waals surface area contributed by atoms with Gasteiger partial charge < -0.3 is 19.9 Å². The maximum atomic E-state index is 12.1. The quantitative estimate of drug-likeness (QED) is 0.795. The standard InChI is InChI=1S/C16H27N3O3/c1-12-14(13(2)22-19-12)4-5-15(20)18-10-16(11-21-3)6-8-17-9-7-16/h17H,4-11H2,1-3H3,(H,18,20). The summed E-state index contributed by atoms with van der Waals surface area (Å²) >= 11 is 0. The number of rotatable bonds is 7. The van der Waals surface area contributed by atoms with Gasteiger partial charge in [-0.05, 0) is 46.2 Å². The maximum absolute atomic E-state index is 12.1. The highest BCUT2D eigenvalue weighted by Gasteiger charge is 2.32. The Morgan fingerprint density at radius 2 is 2.14 bits per heavy atom. The van der Waals surface area contributed by atoms with Gasteiger partial charge in [0, 0.05) is 31.1 Å². The number of hydrogen-bond donors (Lipinski definition) is 2. The first kappa shape index (κ1) is 17.0. The number of aryl methyl sites for hydroxylation is 2. The van der Waals surface area contributed by atoms with E-state index in [1.54, 1.807) is 7.11 Å². The molecule has 1 aliphatic heterocycles. The normalized spacial score (nSPS) is 17.4. The molecule has 1 amide bonds. The molecule has 0 unspecified atom stereocenters. The van der Waals surface area contributed by atoms with Gasteiger partial charge in [0.05, 0.1) is 12.3 Å². The molecule has 0 aromatic carbocycles. The minimum absolute atomic E-state index is 0.0681. The lowest BCUT2D eigenvalue weighted by atomic mass is 9.79. The fourth-order valence-electron chi connectivity index (χ4n) is 3.11. The summed E-state index contributed by atoms with van der Waals surface area (Å²) in [6, 6.07) is 0. The zero-order valence-electron chi connectivity index (χ0n) is 13.8. The van der Waals surface area contributed by atoms with Crippen LogP contribution in [0.4, 0.5) is 0 Å². The first-order valence-electron chi connectivity index (χ1n) is 7.94. The van der Waals surface area contributed by atoms with Crippen molar-refractivity contribution in [1.82, 2.24) is 15.8 Å². The predicted molar refractivity (Wildman–Crippen MR) is 83.7 cm³/mol. The summed E-state index contributed by atoms with van der Waals surface area (Å²) in [5.41, 5.74) is 1.99. The molecule has 0 bridgehead atoms. The molecule has 0 atom stereocenters. The molecule has 124 valence electrons. The summed E-state index contributed by atoms with van der Waals surface area (Å²) < 4.78 is 10.5. The first-order chi connectivity index (χ1) is 10.6. The predicted octanol–water partition coefficient (Wildman–Crippen LogP) is 1.36. The van der Waals surface area contributed by atoms with Crippen LogP contribution in [0.25, 0.3) is 0 Å². The SMILES string of the molecule is COCC1(CNC(=O)CCc2c(C)noc2C)CCNCC1. The van der Waals surface area contributed by atoms with Crippen LogP contribution in [0.15, 0.2) is 4.52 Å². The molecule has 1 fully saturated rings. The molecule has 2 rings (SSSR count). The molecular weight excluding hydrogens is 282 g/mol. The van der Waals surface area contributed by atoms with Crippen molar-refractivity contribution in [1.29, 1.82) is 0 Å². The molecular formula is C16H27N3O3. The number of piperidine rings is 1. The second-order valence-electron chi connectivity index (χ2n) is 6.26. The van der Waals surface area contributed by atoms with Crippen molar-refractivity contribution >= 4 is 5.91 Å². The lowest BCUT2D eigenvalue weighted by molar-refractivity contribution is -0.122. The van der Waals surface area contributed by atoms with Crippen molar-refractivity contribution in [3.05, 3.63) is 17.0 Å². The van der Waals surface area contributed by atoms with E-state index in [-0.39, 0.29) is 11.3 Å². The summed E-state index contributed by atoms with van der Waals surface area (Å²) in [5.74, 6) is 0.883. The van der Waals surface area contributed by atoms with Gasteiger partial charge in [-0.3, -0.25) is 4.79 Å². The average Bonchev–Trinajstić information content (AvgIpc) is 2.83. The maximum Gasteiger partial charge on any atom is 0.220 e. The van der Waals surface area contributed by atoms with Crippen LogP contribution in [-0.4, -0.2) is 44.4 Å². The molecule has 22 heavy (non-hydrogen) atoms. The molecule has 2 N–H and O–H groups in total. The third-order valence-electron chi connectivity index (χ3n) is 4.56. The van der Waals surface area contributed by atoms with Gasteiger partial charge in [0.15, 0.2) is 0 Å². The van der Waals surface area contributed by atoms with Crippen LogP contribution in [0.1, 0.15) is 36.3 Å². The molecule has 0 radical (unpaired) electrons. The molecule has 2 heterocycles. The smallest absolute Gasteiger partial charge is 0.220 e. The molecule has 1 saturated heterocycles. The van der Waals surface area contributed by atoms with E-state index in [0.29, 0.717) is 26.0 Å². The topological polar surface area (TPSA) is 76.4 Å². The summed E-state index contributed by atoms with van der Waals surface area (Å²) in [6.07, 6.45) is 3.20. The van der Waals surface area contributed by atoms with Crippen LogP contribution in [-0.2, 0) is 16.0 Å². The van der Waals surface area contributed by atoms with Gasteiger partial charge in [-0.2, -0.15) is 0 Å². The van der Waals surface area contributed by atoms with Gasteiger partial charge in [-0.1, -0.05) is 5.16 Å². The Balaban J connectivity index is 1.81. The number of carbonyl (C=O) groups is 1. The number of nitrogens with zero attached hydrogens (tertiary/aromatic N) is 1. The fourth-order valence-corrected chi connectivity index (χ4v) is 3.11. The van der Waals surface area contributed by atoms with Gasteiger partial charge in [0.25, 0.3) is 0 Å². The molecule has 1 aromatic heterocycles. The molecule has 6 heteroatoms. The Labute approximate surface area is 132 Å². The number of aromatic nitrogens is 1. The Hall–Kier alpha value is -1.40. The fraction of sp³-hybridized carbons (Fsp3) is 0.750. The van der Waals surface area contributed by atoms with E-state index in [1.807, 2.05) is 13.8 Å². The van der Waals surface area contributed by atoms with Crippen LogP contribution in [0.2, 0.25) is 0 Å². The van der Waals surface area contributed by atoms with E-state index in [0.717, 1.165) is 42.9 Å². The highest BCUT2D eigenvalue weighted by molar-refractivity contribution is 5.76. The monoisotopic (exact) mass is 309 g/mol. The molecule has 0 spiro atoms. The van der Waals surface area contributed by atoms with E-state index in [9.17, 15) is 4.79 Å². The van der Waals surface area contributed by atoms with E-state index >= 15 is 0 Å². The number of nitrogens with one attached hydrogen (secondary N) is 2. The third-order valence-corrected chi connectivity index (χ3v) is 4.56. The largest absolute Gasteiger partial charge is 0.384 e. The van der Waals surface area contributed by atoms with Gasteiger partial charge in [0.2, 0.25) is 5.91 Å². The van der Waals surface area contributed by atoms with Crippen molar-refractivity contribution in [3.63, 3.8) is 0 Å². The van der Waals surface area contributed by atoms with Crippen molar-refractivity contribution in [2.45, 2.75) is 39.5 Å². The van der Waals surface area contributed by atoms with Crippen LogP contribution in [0, 0.1) is 19.3 Å². The zero-order valence-corrected chi connectivity index (χ0v) is 13.8. The third kappa shape index (κ3) is 4.30. The van der Waals surface area contributed by atoms with Gasteiger partial charge in [-0.25, -0.2) is 0 Å². The second kappa shape index (κ2) is 7.74. The zero-order chi connectivity index (χ0) is 16.0. The van der Waals surface area contributed by atoms with Gasteiger partial charge in [-0.15, -0.1) is 0 Å². The van der Waals surface area contributed by atoms with Crippen LogP contribution in [0.5, 0.6) is 0 Å². The second-order valence-corrected chi connectivity index (χ2v) is 6.26. The molecule has 0 saturated carbocycles. The lowest BCUT2D eigenvalue weighted by Crippen LogP contribution is -2.47. The number of carbonyl (C=O) groups excluding carboxylic acids is 1. The highest BCUT2D eigenvalue weighted by atomic mass is 16.5. The summed E-state index contributed by atoms with van der Waals surface area (Å²) in [7, 11) is 1.73. The number of hydrogen-bond acceptors (Lipinski definition) is 5. The minimum Gasteiger partial charge on any atom is -0.384 e. The number of amides is 1. The van der Waals surface area contributed by atoms with Crippen molar-refractivity contribution in [2.24, 2.45) is 5.41 Å². The van der Waals surface area contributed by atoms with Gasteiger partial charge >= 0.3 is 0 Å². The van der Waals surface area contributed by atoms with Crippen LogP contribution < -0.4 is 10.6 Å². The first-order valence-corrected chi connectivity index (χ1v) is 7.94. The molecule has 1 aliphatic rings. The van der Waals surface area contributed by atoms with Crippen LogP contribution in [0.3, 0.4) is 0 Å². The highest BCUT2D eigenvalue weighted by Crippen LogP contribution is 2.28. The van der Waals surface area contributed by atoms with Crippen LogP contribution >= 0.6 is 0 Å². The minimum atomic E-state index is 0.0681. The lowest BCUT2D eigenvalue weighted by Gasteiger charge is -2.37. The molecule has 0 aliphatic carbocycles.